The molecule has 2 aromatic rings. The minimum Gasteiger partial charge on any atom is -0.348 e. The number of thioether (sulfide) groups is 1. The fourth-order valence-electron chi connectivity index (χ4n) is 2.13. The van der Waals surface area contributed by atoms with E-state index >= 15 is 0 Å². The molecule has 5 heteroatoms. The molecule has 0 saturated heterocycles. The van der Waals surface area contributed by atoms with E-state index in [1.165, 1.54) is 11.8 Å². The fourth-order valence-corrected chi connectivity index (χ4v) is 3.46. The fraction of sp³-hybridized carbons (Fsp3) is 0.0588. The van der Waals surface area contributed by atoms with E-state index in [-0.39, 0.29) is 0 Å². The molecule has 22 heavy (non-hydrogen) atoms. The minimum absolute atomic E-state index is 0.430. The first-order chi connectivity index (χ1) is 10.7. The van der Waals surface area contributed by atoms with Crippen LogP contribution < -0.4 is 10.6 Å². The van der Waals surface area contributed by atoms with Gasteiger partial charge >= 0.3 is 0 Å². The molecule has 0 atom stereocenters. The van der Waals surface area contributed by atoms with Crippen molar-refractivity contribution in [3.8, 4) is 6.07 Å². The van der Waals surface area contributed by atoms with Crippen LogP contribution >= 0.6 is 24.0 Å². The highest BCUT2D eigenvalue weighted by atomic mass is 32.2. The SMILES string of the molecule is Cc1ccccc1NC(=S)C(C#N)=C1Nc2ccccc2S1. The highest BCUT2D eigenvalue weighted by Crippen LogP contribution is 2.42. The molecule has 0 aliphatic carbocycles. The molecular weight excluding hydrogens is 310 g/mol. The summed E-state index contributed by atoms with van der Waals surface area (Å²) in [4.78, 5) is 1.53. The van der Waals surface area contributed by atoms with Gasteiger partial charge in [-0.1, -0.05) is 54.3 Å². The first-order valence-electron chi connectivity index (χ1n) is 6.74. The Morgan fingerprint density at radius 1 is 1.18 bits per heavy atom. The van der Waals surface area contributed by atoms with Gasteiger partial charge in [0.05, 0.1) is 10.7 Å². The second kappa shape index (κ2) is 6.22. The quantitative estimate of drug-likeness (QED) is 0.477. The van der Waals surface area contributed by atoms with Crippen LogP contribution in [0.2, 0.25) is 0 Å². The second-order valence-corrected chi connectivity index (χ2v) is 6.27. The monoisotopic (exact) mass is 323 g/mol. The summed E-state index contributed by atoms with van der Waals surface area (Å²) >= 11 is 6.95. The zero-order chi connectivity index (χ0) is 15.5. The average molecular weight is 323 g/mol. The third kappa shape index (κ3) is 2.84. The zero-order valence-electron chi connectivity index (χ0n) is 11.9. The number of fused-ring (bicyclic) bond motifs is 1. The molecule has 3 rings (SSSR count). The summed E-state index contributed by atoms with van der Waals surface area (Å²) in [6.07, 6.45) is 0. The molecule has 1 aliphatic rings. The van der Waals surface area contributed by atoms with Crippen LogP contribution in [0, 0.1) is 18.3 Å². The van der Waals surface area contributed by atoms with Crippen molar-refractivity contribution in [2.75, 3.05) is 10.6 Å². The smallest absolute Gasteiger partial charge is 0.124 e. The van der Waals surface area contributed by atoms with Crippen LogP contribution in [0.5, 0.6) is 0 Å². The van der Waals surface area contributed by atoms with Crippen LogP contribution in [-0.4, -0.2) is 4.99 Å². The maximum absolute atomic E-state index is 9.49. The molecule has 2 N–H and O–H groups in total. The van der Waals surface area contributed by atoms with E-state index in [0.717, 1.165) is 26.9 Å². The summed E-state index contributed by atoms with van der Waals surface area (Å²) in [5.74, 6) is 0. The van der Waals surface area contributed by atoms with Crippen molar-refractivity contribution in [2.24, 2.45) is 0 Å². The molecule has 0 spiro atoms. The molecule has 1 aliphatic heterocycles. The number of nitrogens with one attached hydrogen (secondary N) is 2. The molecule has 108 valence electrons. The number of aryl methyl sites for hydroxylation is 1. The Hall–Kier alpha value is -2.29. The first kappa shape index (κ1) is 14.6. The van der Waals surface area contributed by atoms with Crippen molar-refractivity contribution in [1.82, 2.24) is 0 Å². The highest BCUT2D eigenvalue weighted by Gasteiger charge is 2.21. The lowest BCUT2D eigenvalue weighted by molar-refractivity contribution is 1.44. The molecule has 0 bridgehead atoms. The summed E-state index contributed by atoms with van der Waals surface area (Å²) < 4.78 is 0. The average Bonchev–Trinajstić information content (AvgIpc) is 2.94. The van der Waals surface area contributed by atoms with E-state index < -0.39 is 0 Å². The van der Waals surface area contributed by atoms with Crippen LogP contribution in [0.1, 0.15) is 5.56 Å². The molecule has 0 unspecified atom stereocenters. The first-order valence-corrected chi connectivity index (χ1v) is 7.97. The Morgan fingerprint density at radius 3 is 2.64 bits per heavy atom. The van der Waals surface area contributed by atoms with Crippen molar-refractivity contribution in [3.05, 3.63) is 64.7 Å². The van der Waals surface area contributed by atoms with E-state index in [9.17, 15) is 5.26 Å². The van der Waals surface area contributed by atoms with Gasteiger partial charge in [-0.15, -0.1) is 0 Å². The van der Waals surface area contributed by atoms with Gasteiger partial charge in [0, 0.05) is 10.6 Å². The summed E-state index contributed by atoms with van der Waals surface area (Å²) in [6.45, 7) is 2.00. The van der Waals surface area contributed by atoms with Crippen LogP contribution in [0.3, 0.4) is 0 Å². The van der Waals surface area contributed by atoms with Gasteiger partial charge in [0.2, 0.25) is 0 Å². The summed E-state index contributed by atoms with van der Waals surface area (Å²) in [7, 11) is 0. The van der Waals surface area contributed by atoms with Crippen molar-refractivity contribution in [3.63, 3.8) is 0 Å². The van der Waals surface area contributed by atoms with Gasteiger partial charge < -0.3 is 10.6 Å². The Kier molecular flexibility index (Phi) is 4.14. The molecule has 0 radical (unpaired) electrons. The molecule has 2 aromatic carbocycles. The van der Waals surface area contributed by atoms with Gasteiger partial charge in [-0.2, -0.15) is 5.26 Å². The third-order valence-corrected chi connectivity index (χ3v) is 4.70. The van der Waals surface area contributed by atoms with E-state index in [2.05, 4.69) is 16.7 Å². The number of para-hydroxylation sites is 2. The number of nitriles is 1. The molecule has 0 saturated carbocycles. The standard InChI is InChI=1S/C17H13N3S2/c1-11-6-2-3-7-13(11)19-16(21)12(10-18)17-20-14-8-4-5-9-15(14)22-17/h2-9,20H,1H3,(H,19,21). The number of thiocarbonyl (C=S) groups is 1. The normalized spacial score (nSPS) is 14.5. The lowest BCUT2D eigenvalue weighted by Crippen LogP contribution is -2.14. The van der Waals surface area contributed by atoms with Gasteiger partial charge in [-0.25, -0.2) is 0 Å². The van der Waals surface area contributed by atoms with Crippen molar-refractivity contribution in [2.45, 2.75) is 11.8 Å². The molecule has 1 heterocycles. The molecule has 0 fully saturated rings. The van der Waals surface area contributed by atoms with Gasteiger partial charge in [-0.05, 0) is 30.7 Å². The van der Waals surface area contributed by atoms with Crippen LogP contribution in [0.25, 0.3) is 0 Å². The summed E-state index contributed by atoms with van der Waals surface area (Å²) in [6, 6.07) is 18.0. The number of hydrogen-bond donors (Lipinski definition) is 2. The zero-order valence-corrected chi connectivity index (χ0v) is 13.5. The molecule has 3 nitrogen and oxygen atoms in total. The van der Waals surface area contributed by atoms with E-state index in [4.69, 9.17) is 12.2 Å². The Labute approximate surface area is 139 Å². The van der Waals surface area contributed by atoms with Crippen molar-refractivity contribution < 1.29 is 0 Å². The Bertz CT molecular complexity index is 792. The van der Waals surface area contributed by atoms with E-state index in [1.54, 1.807) is 0 Å². The number of benzene rings is 2. The van der Waals surface area contributed by atoms with Crippen LogP contribution in [0.15, 0.2) is 64.0 Å². The van der Waals surface area contributed by atoms with Crippen molar-refractivity contribution >= 4 is 40.3 Å². The van der Waals surface area contributed by atoms with Crippen LogP contribution in [-0.2, 0) is 0 Å². The minimum atomic E-state index is 0.430. The van der Waals surface area contributed by atoms with E-state index in [1.807, 2.05) is 55.5 Å². The number of rotatable bonds is 2. The molecule has 0 aromatic heterocycles. The van der Waals surface area contributed by atoms with Gasteiger partial charge in [0.25, 0.3) is 0 Å². The lowest BCUT2D eigenvalue weighted by atomic mass is 10.2. The summed E-state index contributed by atoms with van der Waals surface area (Å²) in [5, 5.41) is 16.7. The van der Waals surface area contributed by atoms with Gasteiger partial charge in [0.15, 0.2) is 0 Å². The Morgan fingerprint density at radius 2 is 1.91 bits per heavy atom. The predicted molar refractivity (Wildman–Crippen MR) is 96.0 cm³/mol. The van der Waals surface area contributed by atoms with Crippen molar-refractivity contribution in [1.29, 1.82) is 5.26 Å². The highest BCUT2D eigenvalue weighted by molar-refractivity contribution is 8.03. The Balaban J connectivity index is 1.87. The number of hydrogen-bond acceptors (Lipinski definition) is 4. The third-order valence-electron chi connectivity index (χ3n) is 3.31. The molecular formula is C17H13N3S2. The summed E-state index contributed by atoms with van der Waals surface area (Å²) in [5.41, 5.74) is 3.47. The number of nitrogens with zero attached hydrogens (tertiary/aromatic N) is 1. The number of anilines is 2. The van der Waals surface area contributed by atoms with Crippen LogP contribution in [0.4, 0.5) is 11.4 Å². The van der Waals surface area contributed by atoms with E-state index in [0.29, 0.717) is 10.6 Å². The maximum Gasteiger partial charge on any atom is 0.124 e. The topological polar surface area (TPSA) is 47.9 Å². The maximum atomic E-state index is 9.49. The second-order valence-electron chi connectivity index (χ2n) is 4.81. The molecule has 0 amide bonds. The predicted octanol–water partition coefficient (Wildman–Crippen LogP) is 4.69. The lowest BCUT2D eigenvalue weighted by Gasteiger charge is -2.11. The largest absolute Gasteiger partial charge is 0.348 e. The van der Waals surface area contributed by atoms with Gasteiger partial charge in [0.1, 0.15) is 16.6 Å². The van der Waals surface area contributed by atoms with Gasteiger partial charge in [-0.3, -0.25) is 0 Å².